The number of ether oxygens (including phenoxy) is 1. The standard InChI is InChI=1S/C12H13N3OS2/c1-8-7-10(11(13)17)15-12(14-8)16-5-4-9-3-2-6-18-9/h2-3,6-7H,4-5H2,1H3,(H2,13,17). The molecule has 0 aliphatic rings. The third-order valence-corrected chi connectivity index (χ3v) is 3.39. The Kier molecular flexibility index (Phi) is 4.22. The van der Waals surface area contributed by atoms with Gasteiger partial charge in [-0.2, -0.15) is 4.98 Å². The van der Waals surface area contributed by atoms with Gasteiger partial charge in [0.1, 0.15) is 10.7 Å². The van der Waals surface area contributed by atoms with Crippen molar-refractivity contribution in [3.8, 4) is 6.01 Å². The van der Waals surface area contributed by atoms with Crippen LogP contribution in [0.2, 0.25) is 0 Å². The first-order chi connectivity index (χ1) is 8.65. The molecule has 0 fully saturated rings. The minimum absolute atomic E-state index is 0.253. The van der Waals surface area contributed by atoms with Gasteiger partial charge in [0.15, 0.2) is 0 Å². The first kappa shape index (κ1) is 12.9. The number of hydrogen-bond donors (Lipinski definition) is 1. The molecule has 0 spiro atoms. The molecule has 94 valence electrons. The lowest BCUT2D eigenvalue weighted by molar-refractivity contribution is 0.296. The van der Waals surface area contributed by atoms with Crippen LogP contribution in [-0.2, 0) is 6.42 Å². The van der Waals surface area contributed by atoms with Gasteiger partial charge in [0, 0.05) is 17.0 Å². The second-order valence-corrected chi connectivity index (χ2v) is 5.19. The van der Waals surface area contributed by atoms with E-state index in [-0.39, 0.29) is 4.99 Å². The Morgan fingerprint density at radius 2 is 2.33 bits per heavy atom. The van der Waals surface area contributed by atoms with Crippen molar-refractivity contribution in [1.82, 2.24) is 9.97 Å². The maximum Gasteiger partial charge on any atom is 0.317 e. The van der Waals surface area contributed by atoms with Gasteiger partial charge >= 0.3 is 6.01 Å². The summed E-state index contributed by atoms with van der Waals surface area (Å²) < 4.78 is 5.52. The van der Waals surface area contributed by atoms with Gasteiger partial charge in [0.25, 0.3) is 0 Å². The Hall–Kier alpha value is -1.53. The van der Waals surface area contributed by atoms with Crippen molar-refractivity contribution in [3.63, 3.8) is 0 Å². The molecule has 0 aliphatic carbocycles. The SMILES string of the molecule is Cc1cc(C(N)=S)nc(OCCc2cccs2)n1. The normalized spacial score (nSPS) is 10.3. The van der Waals surface area contributed by atoms with Crippen LogP contribution in [0, 0.1) is 6.92 Å². The molecular weight excluding hydrogens is 266 g/mol. The Bertz CT molecular complexity index is 540. The fourth-order valence-corrected chi connectivity index (χ4v) is 2.22. The molecule has 2 heterocycles. The summed E-state index contributed by atoms with van der Waals surface area (Å²) in [6, 6.07) is 6.17. The first-order valence-electron chi connectivity index (χ1n) is 5.46. The topological polar surface area (TPSA) is 61.0 Å². The summed E-state index contributed by atoms with van der Waals surface area (Å²) in [6.07, 6.45) is 0.845. The highest BCUT2D eigenvalue weighted by atomic mass is 32.1. The molecule has 2 aromatic heterocycles. The fourth-order valence-electron chi connectivity index (χ4n) is 1.43. The van der Waals surface area contributed by atoms with Crippen molar-refractivity contribution in [2.24, 2.45) is 5.73 Å². The monoisotopic (exact) mass is 279 g/mol. The number of hydrogen-bond acceptors (Lipinski definition) is 5. The Balaban J connectivity index is 1.98. The number of aromatic nitrogens is 2. The minimum Gasteiger partial charge on any atom is -0.463 e. The number of rotatable bonds is 5. The number of nitrogens with zero attached hydrogens (tertiary/aromatic N) is 2. The summed E-state index contributed by atoms with van der Waals surface area (Å²) in [6.45, 7) is 2.40. The molecule has 0 amide bonds. The largest absolute Gasteiger partial charge is 0.463 e. The van der Waals surface area contributed by atoms with Crippen LogP contribution in [0.15, 0.2) is 23.6 Å². The molecule has 0 radical (unpaired) electrons. The van der Waals surface area contributed by atoms with E-state index in [0.717, 1.165) is 12.1 Å². The molecule has 0 atom stereocenters. The van der Waals surface area contributed by atoms with Crippen molar-refractivity contribution >= 4 is 28.5 Å². The van der Waals surface area contributed by atoms with Gasteiger partial charge in [-0.3, -0.25) is 0 Å². The van der Waals surface area contributed by atoms with Crippen molar-refractivity contribution in [1.29, 1.82) is 0 Å². The van der Waals surface area contributed by atoms with E-state index in [2.05, 4.69) is 16.0 Å². The summed E-state index contributed by atoms with van der Waals surface area (Å²) in [5.74, 6) is 0. The van der Waals surface area contributed by atoms with Crippen molar-refractivity contribution < 1.29 is 4.74 Å². The molecule has 2 N–H and O–H groups in total. The molecule has 4 nitrogen and oxygen atoms in total. The van der Waals surface area contributed by atoms with E-state index in [4.69, 9.17) is 22.7 Å². The van der Waals surface area contributed by atoms with Gasteiger partial charge in [-0.05, 0) is 24.4 Å². The average Bonchev–Trinajstić information content (AvgIpc) is 2.81. The van der Waals surface area contributed by atoms with Crippen LogP contribution in [-0.4, -0.2) is 21.6 Å². The zero-order valence-electron chi connectivity index (χ0n) is 9.92. The van der Waals surface area contributed by atoms with Crippen LogP contribution in [0.4, 0.5) is 0 Å². The highest BCUT2D eigenvalue weighted by Gasteiger charge is 2.05. The lowest BCUT2D eigenvalue weighted by atomic mass is 10.3. The summed E-state index contributed by atoms with van der Waals surface area (Å²) >= 11 is 6.60. The first-order valence-corrected chi connectivity index (χ1v) is 6.74. The van der Waals surface area contributed by atoms with E-state index < -0.39 is 0 Å². The van der Waals surface area contributed by atoms with Crippen LogP contribution in [0.1, 0.15) is 16.3 Å². The maximum atomic E-state index is 5.54. The number of thiophene rings is 1. The van der Waals surface area contributed by atoms with E-state index in [1.807, 2.05) is 18.4 Å². The van der Waals surface area contributed by atoms with Crippen LogP contribution >= 0.6 is 23.6 Å². The Morgan fingerprint density at radius 1 is 1.50 bits per heavy atom. The Morgan fingerprint density at radius 3 is 3.00 bits per heavy atom. The van der Waals surface area contributed by atoms with Gasteiger partial charge in [-0.25, -0.2) is 4.98 Å². The molecule has 2 aromatic rings. The second kappa shape index (κ2) is 5.88. The highest BCUT2D eigenvalue weighted by Crippen LogP contribution is 2.11. The zero-order chi connectivity index (χ0) is 13.0. The van der Waals surface area contributed by atoms with Gasteiger partial charge < -0.3 is 10.5 Å². The molecule has 0 saturated heterocycles. The van der Waals surface area contributed by atoms with Crippen LogP contribution in [0.3, 0.4) is 0 Å². The molecule has 0 unspecified atom stereocenters. The fraction of sp³-hybridized carbons (Fsp3) is 0.250. The smallest absolute Gasteiger partial charge is 0.317 e. The van der Waals surface area contributed by atoms with Crippen LogP contribution in [0.5, 0.6) is 6.01 Å². The van der Waals surface area contributed by atoms with Crippen molar-refractivity contribution in [3.05, 3.63) is 39.8 Å². The van der Waals surface area contributed by atoms with Crippen LogP contribution in [0.25, 0.3) is 0 Å². The maximum absolute atomic E-state index is 5.54. The quantitative estimate of drug-likeness (QED) is 0.849. The predicted octanol–water partition coefficient (Wildman–Crippen LogP) is 2.10. The van der Waals surface area contributed by atoms with E-state index in [9.17, 15) is 0 Å². The van der Waals surface area contributed by atoms with E-state index in [0.29, 0.717) is 18.3 Å². The average molecular weight is 279 g/mol. The van der Waals surface area contributed by atoms with E-state index >= 15 is 0 Å². The lowest BCUT2D eigenvalue weighted by Gasteiger charge is -2.06. The third-order valence-electron chi connectivity index (χ3n) is 2.25. The summed E-state index contributed by atoms with van der Waals surface area (Å²) in [4.78, 5) is 9.87. The molecule has 0 aromatic carbocycles. The van der Waals surface area contributed by atoms with Gasteiger partial charge in [-0.15, -0.1) is 11.3 Å². The molecule has 0 saturated carbocycles. The predicted molar refractivity (Wildman–Crippen MR) is 76.2 cm³/mol. The number of aryl methyl sites for hydroxylation is 1. The summed E-state index contributed by atoms with van der Waals surface area (Å²) in [5, 5.41) is 2.05. The molecule has 6 heteroatoms. The highest BCUT2D eigenvalue weighted by molar-refractivity contribution is 7.80. The molecular formula is C12H13N3OS2. The summed E-state index contributed by atoms with van der Waals surface area (Å²) in [5.41, 5.74) is 6.88. The third kappa shape index (κ3) is 3.48. The van der Waals surface area contributed by atoms with Gasteiger partial charge in [-0.1, -0.05) is 18.3 Å². The summed E-state index contributed by atoms with van der Waals surface area (Å²) in [7, 11) is 0. The van der Waals surface area contributed by atoms with Crippen molar-refractivity contribution in [2.45, 2.75) is 13.3 Å². The molecule has 0 aliphatic heterocycles. The van der Waals surface area contributed by atoms with Crippen molar-refractivity contribution in [2.75, 3.05) is 6.61 Å². The molecule has 18 heavy (non-hydrogen) atoms. The zero-order valence-corrected chi connectivity index (χ0v) is 11.6. The number of thiocarbonyl (C=S) groups is 1. The van der Waals surface area contributed by atoms with Gasteiger partial charge in [0.05, 0.1) is 6.61 Å². The molecule has 2 rings (SSSR count). The lowest BCUT2D eigenvalue weighted by Crippen LogP contribution is -2.14. The second-order valence-electron chi connectivity index (χ2n) is 3.72. The molecule has 0 bridgehead atoms. The Labute approximate surface area is 115 Å². The van der Waals surface area contributed by atoms with E-state index in [1.165, 1.54) is 4.88 Å². The minimum atomic E-state index is 0.253. The number of nitrogens with two attached hydrogens (primary N) is 1. The van der Waals surface area contributed by atoms with Gasteiger partial charge in [0.2, 0.25) is 0 Å². The van der Waals surface area contributed by atoms with Crippen LogP contribution < -0.4 is 10.5 Å². The van der Waals surface area contributed by atoms with E-state index in [1.54, 1.807) is 17.4 Å².